The van der Waals surface area contributed by atoms with Crippen LogP contribution >= 0.6 is 43.5 Å². The summed E-state index contributed by atoms with van der Waals surface area (Å²) in [4.78, 5) is 8.64. The molecule has 2 rings (SSSR count). The van der Waals surface area contributed by atoms with E-state index < -0.39 is 0 Å². The van der Waals surface area contributed by atoms with E-state index in [-0.39, 0.29) is 0 Å². The van der Waals surface area contributed by atoms with Crippen molar-refractivity contribution in [2.24, 2.45) is 0 Å². The third kappa shape index (κ3) is 3.27. The van der Waals surface area contributed by atoms with Crippen molar-refractivity contribution in [2.45, 2.75) is 13.3 Å². The van der Waals surface area contributed by atoms with E-state index in [9.17, 15) is 0 Å². The Balaban J connectivity index is 2.27. The molecule has 0 N–H and O–H groups in total. The molecule has 2 nitrogen and oxygen atoms in total. The monoisotopic (exact) mass is 374 g/mol. The largest absolute Gasteiger partial charge is 0.237 e. The molecule has 0 spiro atoms. The maximum atomic E-state index is 6.01. The van der Waals surface area contributed by atoms with Gasteiger partial charge in [-0.05, 0) is 40.5 Å². The van der Waals surface area contributed by atoms with Gasteiger partial charge in [-0.3, -0.25) is 0 Å². The molecule has 1 heterocycles. The Bertz CT molecular complexity index is 518. The summed E-state index contributed by atoms with van der Waals surface area (Å²) in [5, 5.41) is 0.463. The summed E-state index contributed by atoms with van der Waals surface area (Å²) in [6, 6.07) is 8.09. The van der Waals surface area contributed by atoms with E-state index in [1.165, 1.54) is 0 Å². The van der Waals surface area contributed by atoms with Crippen molar-refractivity contribution in [3.05, 3.63) is 55.4 Å². The van der Waals surface area contributed by atoms with Gasteiger partial charge in [-0.1, -0.05) is 39.7 Å². The van der Waals surface area contributed by atoms with Crippen LogP contribution in [0.3, 0.4) is 0 Å². The molecule has 0 aliphatic rings. The van der Waals surface area contributed by atoms with E-state index in [1.54, 1.807) is 0 Å². The number of aromatic nitrogens is 2. The molecule has 0 atom stereocenters. The molecule has 0 saturated heterocycles. The van der Waals surface area contributed by atoms with Crippen molar-refractivity contribution in [1.29, 1.82) is 0 Å². The van der Waals surface area contributed by atoms with Crippen molar-refractivity contribution in [3.63, 3.8) is 0 Å². The van der Waals surface area contributed by atoms with E-state index >= 15 is 0 Å². The molecule has 0 saturated carbocycles. The van der Waals surface area contributed by atoms with Gasteiger partial charge in [0.2, 0.25) is 0 Å². The number of halogens is 3. The average molecular weight is 376 g/mol. The predicted molar refractivity (Wildman–Crippen MR) is 76.4 cm³/mol. The average Bonchev–Trinajstić information content (AvgIpc) is 2.29. The molecular weight excluding hydrogens is 367 g/mol. The molecule has 0 bridgehead atoms. The fraction of sp³-hybridized carbons (Fsp3) is 0.167. The highest BCUT2D eigenvalue weighted by Gasteiger charge is 2.07. The molecule has 1 aromatic carbocycles. The molecule has 5 heteroatoms. The summed E-state index contributed by atoms with van der Waals surface area (Å²) in [5.41, 5.74) is 2.02. The van der Waals surface area contributed by atoms with Gasteiger partial charge in [0.25, 0.3) is 0 Å². The Kier molecular flexibility index (Phi) is 4.17. The lowest BCUT2D eigenvalue weighted by molar-refractivity contribution is 0.934. The number of benzene rings is 1. The van der Waals surface area contributed by atoms with Gasteiger partial charge in [0, 0.05) is 10.9 Å². The molecule has 0 fully saturated rings. The highest BCUT2D eigenvalue weighted by Crippen LogP contribution is 2.23. The fourth-order valence-electron chi connectivity index (χ4n) is 1.44. The minimum Gasteiger partial charge on any atom is -0.237 e. The molecule has 1 aromatic heterocycles. The molecule has 88 valence electrons. The first-order valence-corrected chi connectivity index (χ1v) is 6.95. The van der Waals surface area contributed by atoms with Crippen LogP contribution in [0.5, 0.6) is 0 Å². The van der Waals surface area contributed by atoms with E-state index in [1.807, 2.05) is 31.2 Å². The normalized spacial score (nSPS) is 10.6. The molecule has 0 unspecified atom stereocenters. The number of aryl methyl sites for hydroxylation is 1. The van der Waals surface area contributed by atoms with Crippen LogP contribution in [-0.4, -0.2) is 9.97 Å². The summed E-state index contributed by atoms with van der Waals surface area (Å²) < 4.78 is 1.82. The van der Waals surface area contributed by atoms with Gasteiger partial charge in [0.15, 0.2) is 0 Å². The van der Waals surface area contributed by atoms with Crippen LogP contribution in [0.1, 0.15) is 17.1 Å². The minimum absolute atomic E-state index is 0.463. The first-order chi connectivity index (χ1) is 8.06. The lowest BCUT2D eigenvalue weighted by Gasteiger charge is -2.05. The van der Waals surface area contributed by atoms with Crippen LogP contribution in [-0.2, 0) is 6.42 Å². The Labute approximate surface area is 122 Å². The van der Waals surface area contributed by atoms with E-state index in [0.717, 1.165) is 26.0 Å². The Morgan fingerprint density at radius 3 is 2.35 bits per heavy atom. The molecular formula is C12H9Br2ClN2. The summed E-state index contributed by atoms with van der Waals surface area (Å²) in [6.45, 7) is 1.91. The Morgan fingerprint density at radius 1 is 1.12 bits per heavy atom. The van der Waals surface area contributed by atoms with Crippen LogP contribution in [0.2, 0.25) is 5.15 Å². The summed E-state index contributed by atoms with van der Waals surface area (Å²) >= 11 is 12.8. The summed E-state index contributed by atoms with van der Waals surface area (Å²) in [5.74, 6) is 0.734. The maximum absolute atomic E-state index is 6.01. The van der Waals surface area contributed by atoms with Gasteiger partial charge in [-0.15, -0.1) is 0 Å². The molecule has 17 heavy (non-hydrogen) atoms. The van der Waals surface area contributed by atoms with Gasteiger partial charge in [0.05, 0.1) is 10.2 Å². The highest BCUT2D eigenvalue weighted by molar-refractivity contribution is 9.10. The van der Waals surface area contributed by atoms with Crippen LogP contribution < -0.4 is 0 Å². The lowest BCUT2D eigenvalue weighted by atomic mass is 10.1. The number of hydrogen-bond acceptors (Lipinski definition) is 2. The van der Waals surface area contributed by atoms with Crippen LogP contribution in [0.25, 0.3) is 0 Å². The second-order valence-electron chi connectivity index (χ2n) is 3.63. The van der Waals surface area contributed by atoms with Crippen LogP contribution in [0.15, 0.2) is 33.2 Å². The van der Waals surface area contributed by atoms with Crippen LogP contribution in [0, 0.1) is 6.92 Å². The van der Waals surface area contributed by atoms with E-state index in [0.29, 0.717) is 11.6 Å². The van der Waals surface area contributed by atoms with E-state index in [4.69, 9.17) is 11.6 Å². The zero-order valence-electron chi connectivity index (χ0n) is 9.04. The number of hydrogen-bond donors (Lipinski definition) is 0. The van der Waals surface area contributed by atoms with Gasteiger partial charge in [-0.25, -0.2) is 9.97 Å². The van der Waals surface area contributed by atoms with Gasteiger partial charge in [-0.2, -0.15) is 0 Å². The third-order valence-electron chi connectivity index (χ3n) is 2.30. The van der Waals surface area contributed by atoms with Crippen molar-refractivity contribution < 1.29 is 0 Å². The van der Waals surface area contributed by atoms with Crippen molar-refractivity contribution >= 4 is 43.5 Å². The fourth-order valence-corrected chi connectivity index (χ4v) is 2.12. The Morgan fingerprint density at radius 2 is 1.76 bits per heavy atom. The first-order valence-electron chi connectivity index (χ1n) is 4.99. The molecule has 0 amide bonds. The SMILES string of the molecule is Cc1nc(Cc2ccc(Br)cc2)nc(Cl)c1Br. The maximum Gasteiger partial charge on any atom is 0.147 e. The second-order valence-corrected chi connectivity index (χ2v) is 5.70. The standard InChI is InChI=1S/C12H9Br2ClN2/c1-7-11(14)12(15)17-10(16-7)6-8-2-4-9(13)5-3-8/h2-5H,6H2,1H3. The molecule has 0 aliphatic heterocycles. The second kappa shape index (κ2) is 5.46. The topological polar surface area (TPSA) is 25.8 Å². The van der Waals surface area contributed by atoms with Crippen LogP contribution in [0.4, 0.5) is 0 Å². The summed E-state index contributed by atoms with van der Waals surface area (Å²) in [7, 11) is 0. The molecule has 2 aromatic rings. The van der Waals surface area contributed by atoms with Gasteiger partial charge >= 0.3 is 0 Å². The Hall–Kier alpha value is -0.450. The molecule has 0 radical (unpaired) electrons. The van der Waals surface area contributed by atoms with Gasteiger partial charge < -0.3 is 0 Å². The van der Waals surface area contributed by atoms with E-state index in [2.05, 4.69) is 41.8 Å². The van der Waals surface area contributed by atoms with Crippen molar-refractivity contribution in [2.75, 3.05) is 0 Å². The predicted octanol–water partition coefficient (Wildman–Crippen LogP) is 4.55. The minimum atomic E-state index is 0.463. The molecule has 0 aliphatic carbocycles. The quantitative estimate of drug-likeness (QED) is 0.719. The lowest BCUT2D eigenvalue weighted by Crippen LogP contribution is -2.00. The summed E-state index contributed by atoms with van der Waals surface area (Å²) in [6.07, 6.45) is 0.682. The van der Waals surface area contributed by atoms with Crippen molar-refractivity contribution in [1.82, 2.24) is 9.97 Å². The highest BCUT2D eigenvalue weighted by atomic mass is 79.9. The first kappa shape index (κ1) is 13.0. The van der Waals surface area contributed by atoms with Crippen molar-refractivity contribution in [3.8, 4) is 0 Å². The zero-order chi connectivity index (χ0) is 12.4. The smallest absolute Gasteiger partial charge is 0.147 e. The number of nitrogens with zero attached hydrogens (tertiary/aromatic N) is 2. The zero-order valence-corrected chi connectivity index (χ0v) is 13.0. The van der Waals surface area contributed by atoms with Gasteiger partial charge in [0.1, 0.15) is 11.0 Å². The number of rotatable bonds is 2. The third-order valence-corrected chi connectivity index (χ3v) is 4.28.